The Hall–Kier alpha value is -3.60. The molecule has 1 aliphatic rings. The van der Waals surface area contributed by atoms with E-state index in [1.54, 1.807) is 26.0 Å². The highest BCUT2D eigenvalue weighted by molar-refractivity contribution is 7.89. The van der Waals surface area contributed by atoms with E-state index in [0.29, 0.717) is 19.5 Å². The van der Waals surface area contributed by atoms with E-state index in [2.05, 4.69) is 20.2 Å². The number of likely N-dealkylation sites (tertiary alicyclic amines) is 1. The molecule has 280 valence electrons. The molecule has 1 fully saturated rings. The van der Waals surface area contributed by atoms with Crippen LogP contribution < -0.4 is 21.0 Å². The van der Waals surface area contributed by atoms with Crippen LogP contribution in [0, 0.1) is 0 Å². The number of nitrogens with two attached hydrogens (primary N) is 1. The number of benzene rings is 2. The number of hydrogen-bond donors (Lipinski definition) is 5. The van der Waals surface area contributed by atoms with Crippen molar-refractivity contribution in [3.8, 4) is 0 Å². The Balaban J connectivity index is 0.00000205. The molecule has 0 unspecified atom stereocenters. The largest absolute Gasteiger partial charge is 0.481 e. The molecule has 0 bridgehead atoms. The molecule has 2 aromatic carbocycles. The highest BCUT2D eigenvalue weighted by Gasteiger charge is 2.33. The second-order valence-electron chi connectivity index (χ2n) is 11.5. The first-order valence-electron chi connectivity index (χ1n) is 16.7. The van der Waals surface area contributed by atoms with Crippen molar-refractivity contribution >= 4 is 52.7 Å². The van der Waals surface area contributed by atoms with Gasteiger partial charge in [0.25, 0.3) is 5.97 Å². The molecular formula is C32H52N7O9PS. The number of carbonyl (C=O) groups is 3. The molecule has 0 aliphatic carbocycles. The highest BCUT2D eigenvalue weighted by atomic mass is 32.2. The van der Waals surface area contributed by atoms with Crippen LogP contribution in [0.15, 0.2) is 52.5 Å². The number of rotatable bonds is 19. The maximum Gasteiger partial charge on any atom is 0.405 e. The third-order valence-electron chi connectivity index (χ3n) is 7.44. The summed E-state index contributed by atoms with van der Waals surface area (Å²) in [5.41, 5.74) is 0. The standard InChI is InChI=1S/C30H48N7O7PS.C2H4O2/c1-4-7-18-37(19-16-33-45(40,43-5-2)44-6-3)30(39)28(21-29(38)34-26-13-10-17-36(22-26)23-32-31)35-46(41,42)27-15-14-24-11-8-9-12-25(24)20-27;1-2(3)4/h8-9,11-12,14-15,20,23,26,28,35H,4-7,10,13,16-19,21-22,31H2,1-3H3,(H,33,40)(H,34,38);1H3,(H,3,4)/t26-,28-;/m0./s1. The average Bonchev–Trinajstić information content (AvgIpc) is 3.05. The number of carboxylic acids is 1. The minimum absolute atomic E-state index is 0.0236. The third-order valence-corrected chi connectivity index (χ3v) is 10.7. The smallest absolute Gasteiger partial charge is 0.405 e. The molecule has 1 aliphatic heterocycles. The number of sulfonamides is 1. The van der Waals surface area contributed by atoms with Gasteiger partial charge in [0.05, 0.1) is 24.5 Å². The fourth-order valence-corrected chi connectivity index (χ4v) is 7.79. The molecule has 3 rings (SSSR count). The summed E-state index contributed by atoms with van der Waals surface area (Å²) in [6.45, 7) is 8.44. The predicted octanol–water partition coefficient (Wildman–Crippen LogP) is 2.85. The van der Waals surface area contributed by atoms with Crippen molar-refractivity contribution in [1.29, 1.82) is 0 Å². The van der Waals surface area contributed by atoms with E-state index in [1.165, 1.54) is 23.4 Å². The Morgan fingerprint density at radius 1 is 1.12 bits per heavy atom. The molecule has 2 aromatic rings. The van der Waals surface area contributed by atoms with Gasteiger partial charge in [-0.3, -0.25) is 23.4 Å². The van der Waals surface area contributed by atoms with Crippen LogP contribution in [0.5, 0.6) is 0 Å². The van der Waals surface area contributed by atoms with Gasteiger partial charge >= 0.3 is 7.75 Å². The molecule has 18 heteroatoms. The van der Waals surface area contributed by atoms with Crippen molar-refractivity contribution in [2.45, 2.75) is 76.8 Å². The molecular weight excluding hydrogens is 689 g/mol. The normalized spacial score (nSPS) is 15.7. The van der Waals surface area contributed by atoms with Crippen LogP contribution in [-0.2, 0) is 38.0 Å². The quantitative estimate of drug-likeness (QED) is 0.0461. The Bertz CT molecular complexity index is 1560. The summed E-state index contributed by atoms with van der Waals surface area (Å²) in [5.74, 6) is 3.42. The molecule has 2 atom stereocenters. The number of carbonyl (C=O) groups excluding carboxylic acids is 2. The van der Waals surface area contributed by atoms with E-state index in [9.17, 15) is 22.6 Å². The zero-order valence-corrected chi connectivity index (χ0v) is 31.0. The second kappa shape index (κ2) is 21.6. The SMILES string of the molecule is CC(=O)O.CCCCN(CCNP(=O)(OCC)OCC)C(=O)[C@H](CC(=O)N[C@H]1CCCN(C=NN)C1)NS(=O)(=O)c1ccc2ccccc2c1. The van der Waals surface area contributed by atoms with E-state index in [0.717, 1.165) is 43.5 Å². The van der Waals surface area contributed by atoms with E-state index >= 15 is 0 Å². The summed E-state index contributed by atoms with van der Waals surface area (Å²) >= 11 is 0. The number of nitrogens with zero attached hydrogens (tertiary/aromatic N) is 3. The fourth-order valence-electron chi connectivity index (χ4n) is 5.26. The highest BCUT2D eigenvalue weighted by Crippen LogP contribution is 2.42. The van der Waals surface area contributed by atoms with Gasteiger partial charge in [-0.2, -0.15) is 9.82 Å². The Morgan fingerprint density at radius 2 is 1.78 bits per heavy atom. The molecule has 6 N–H and O–H groups in total. The summed E-state index contributed by atoms with van der Waals surface area (Å²) < 4.78 is 53.4. The van der Waals surface area contributed by atoms with E-state index < -0.39 is 48.0 Å². The number of unbranched alkanes of at least 4 members (excludes halogenated alkanes) is 1. The molecule has 50 heavy (non-hydrogen) atoms. The molecule has 0 saturated carbocycles. The van der Waals surface area contributed by atoms with Gasteiger partial charge in [0.1, 0.15) is 12.4 Å². The van der Waals surface area contributed by atoms with Gasteiger partial charge in [0.15, 0.2) is 0 Å². The van der Waals surface area contributed by atoms with Gasteiger partial charge in [0.2, 0.25) is 21.8 Å². The molecule has 0 spiro atoms. The first-order valence-corrected chi connectivity index (χ1v) is 19.7. The van der Waals surface area contributed by atoms with E-state index in [4.69, 9.17) is 24.8 Å². The van der Waals surface area contributed by atoms with Crippen LogP contribution in [0.25, 0.3) is 10.8 Å². The first-order chi connectivity index (χ1) is 23.8. The van der Waals surface area contributed by atoms with Crippen LogP contribution in [0.2, 0.25) is 0 Å². The van der Waals surface area contributed by atoms with Crippen molar-refractivity contribution in [1.82, 2.24) is 24.9 Å². The van der Waals surface area contributed by atoms with E-state index in [1.807, 2.05) is 30.0 Å². The molecule has 1 heterocycles. The average molecular weight is 742 g/mol. The minimum Gasteiger partial charge on any atom is -0.481 e. The van der Waals surface area contributed by atoms with Gasteiger partial charge in [-0.25, -0.2) is 18.1 Å². The van der Waals surface area contributed by atoms with Gasteiger partial charge in [0, 0.05) is 45.7 Å². The zero-order valence-electron chi connectivity index (χ0n) is 29.2. The van der Waals surface area contributed by atoms with Crippen LogP contribution in [0.4, 0.5) is 0 Å². The van der Waals surface area contributed by atoms with Gasteiger partial charge in [-0.15, -0.1) is 0 Å². The lowest BCUT2D eigenvalue weighted by Crippen LogP contribution is -2.53. The molecule has 0 aromatic heterocycles. The Morgan fingerprint density at radius 3 is 2.40 bits per heavy atom. The Kier molecular flexibility index (Phi) is 18.4. The first kappa shape index (κ1) is 42.6. The monoisotopic (exact) mass is 741 g/mol. The number of fused-ring (bicyclic) bond motifs is 1. The number of nitrogens with one attached hydrogen (secondary N) is 3. The molecule has 0 radical (unpaired) electrons. The summed E-state index contributed by atoms with van der Waals surface area (Å²) in [6, 6.07) is 10.4. The minimum atomic E-state index is -4.22. The van der Waals surface area contributed by atoms with Crippen molar-refractivity contribution in [3.63, 3.8) is 0 Å². The van der Waals surface area contributed by atoms with Crippen molar-refractivity contribution in [3.05, 3.63) is 42.5 Å². The number of hydrazone groups is 1. The topological polar surface area (TPSA) is 222 Å². The molecule has 1 saturated heterocycles. The number of aliphatic carboxylic acids is 1. The summed E-state index contributed by atoms with van der Waals surface area (Å²) in [5, 5.41) is 18.3. The predicted molar refractivity (Wildman–Crippen MR) is 192 cm³/mol. The molecule has 16 nitrogen and oxygen atoms in total. The Labute approximate surface area is 294 Å². The maximum absolute atomic E-state index is 14.1. The summed E-state index contributed by atoms with van der Waals surface area (Å²) in [6.07, 6.45) is 4.02. The van der Waals surface area contributed by atoms with Crippen LogP contribution in [-0.4, -0.2) is 105 Å². The fraction of sp³-hybridized carbons (Fsp3) is 0.562. The van der Waals surface area contributed by atoms with Crippen LogP contribution in [0.1, 0.15) is 59.8 Å². The number of piperidine rings is 1. The number of amides is 2. The maximum atomic E-state index is 14.1. The third kappa shape index (κ3) is 14.7. The van der Waals surface area contributed by atoms with Crippen LogP contribution >= 0.6 is 7.75 Å². The summed E-state index contributed by atoms with van der Waals surface area (Å²) in [7, 11) is -7.81. The van der Waals surface area contributed by atoms with Crippen LogP contribution in [0.3, 0.4) is 0 Å². The zero-order chi connectivity index (χ0) is 37.2. The van der Waals surface area contributed by atoms with E-state index in [-0.39, 0.29) is 37.2 Å². The van der Waals surface area contributed by atoms with Gasteiger partial charge in [-0.1, -0.05) is 43.7 Å². The van der Waals surface area contributed by atoms with Crippen molar-refractivity contribution in [2.75, 3.05) is 45.9 Å². The van der Waals surface area contributed by atoms with Gasteiger partial charge in [-0.05, 0) is 56.0 Å². The van der Waals surface area contributed by atoms with Crippen molar-refractivity contribution in [2.24, 2.45) is 10.9 Å². The van der Waals surface area contributed by atoms with Crippen molar-refractivity contribution < 1.29 is 41.5 Å². The summed E-state index contributed by atoms with van der Waals surface area (Å²) in [4.78, 5) is 39.7. The number of hydrogen-bond acceptors (Lipinski definition) is 10. The van der Waals surface area contributed by atoms with Gasteiger partial charge < -0.3 is 26.1 Å². The lowest BCUT2D eigenvalue weighted by Gasteiger charge is -2.32. The second-order valence-corrected chi connectivity index (χ2v) is 15.0. The lowest BCUT2D eigenvalue weighted by atomic mass is 10.1. The molecule has 2 amide bonds. The lowest BCUT2D eigenvalue weighted by molar-refractivity contribution is -0.136. The number of carboxylic acid groups (broad SMARTS) is 1.